The third-order valence-electron chi connectivity index (χ3n) is 4.08. The summed E-state index contributed by atoms with van der Waals surface area (Å²) >= 11 is 0. The highest BCUT2D eigenvalue weighted by Crippen LogP contribution is 2.22. The van der Waals surface area contributed by atoms with Crippen LogP contribution in [0.15, 0.2) is 0 Å². The van der Waals surface area contributed by atoms with Crippen molar-refractivity contribution in [3.63, 3.8) is 0 Å². The highest BCUT2D eigenvalue weighted by atomic mass is 32.2. The Bertz CT molecular complexity index is 477. The molecule has 0 saturated carbocycles. The van der Waals surface area contributed by atoms with Gasteiger partial charge in [0.1, 0.15) is 11.6 Å². The minimum absolute atomic E-state index is 0.0473. The molecule has 0 saturated heterocycles. The van der Waals surface area contributed by atoms with Crippen LogP contribution in [0.2, 0.25) is 0 Å². The second kappa shape index (κ2) is 10.2. The van der Waals surface area contributed by atoms with Gasteiger partial charge in [0.05, 0.1) is 4.75 Å². The van der Waals surface area contributed by atoms with Gasteiger partial charge in [-0.05, 0) is 45.4 Å². The molecule has 0 unspecified atom stereocenters. The smallest absolute Gasteiger partial charge is 0.270 e. The molecule has 0 aromatic rings. The minimum atomic E-state index is -4.10. The molecule has 0 aromatic carbocycles. The minimum Gasteiger partial charge on any atom is -0.300 e. The van der Waals surface area contributed by atoms with E-state index in [9.17, 15) is 18.0 Å². The molecule has 0 aliphatic rings. The van der Waals surface area contributed by atoms with E-state index in [1.807, 2.05) is 0 Å². The maximum absolute atomic E-state index is 11.7. The van der Waals surface area contributed by atoms with E-state index in [1.54, 1.807) is 0 Å². The zero-order chi connectivity index (χ0) is 18.1. The van der Waals surface area contributed by atoms with Crippen LogP contribution in [0.25, 0.3) is 0 Å². The van der Waals surface area contributed by atoms with Crippen LogP contribution in [0.4, 0.5) is 0 Å². The van der Waals surface area contributed by atoms with Crippen LogP contribution >= 0.6 is 0 Å². The number of rotatable bonds is 13. The van der Waals surface area contributed by atoms with Crippen molar-refractivity contribution in [1.82, 2.24) is 0 Å². The predicted octanol–water partition coefficient (Wildman–Crippen LogP) is 3.96. The fourth-order valence-corrected chi connectivity index (χ4v) is 2.68. The molecule has 0 aromatic heterocycles. The summed E-state index contributed by atoms with van der Waals surface area (Å²) in [6.45, 7) is 7.16. The first-order valence-corrected chi connectivity index (χ1v) is 9.90. The van der Waals surface area contributed by atoms with Crippen molar-refractivity contribution in [1.29, 1.82) is 0 Å². The van der Waals surface area contributed by atoms with E-state index in [0.717, 1.165) is 12.8 Å². The molecule has 0 heterocycles. The molecule has 1 N–H and O–H groups in total. The number of hydrogen-bond acceptors (Lipinski definition) is 4. The zero-order valence-corrected chi connectivity index (χ0v) is 15.7. The normalized spacial score (nSPS) is 12.6. The monoisotopic (exact) mass is 348 g/mol. The summed E-state index contributed by atoms with van der Waals surface area (Å²) in [5.41, 5.74) is 0. The Morgan fingerprint density at radius 2 is 1.35 bits per heavy atom. The molecular weight excluding hydrogens is 316 g/mol. The standard InChI is InChI=1S/C17H32O5S/c1-14(2)8-5-9-15(18)10-6-11-16(19)12-7-13-17(3,4)23(20,21)22/h14H,5-13H2,1-4H3,(H,20,21,22). The summed E-state index contributed by atoms with van der Waals surface area (Å²) < 4.78 is 30.1. The summed E-state index contributed by atoms with van der Waals surface area (Å²) in [4.78, 5) is 23.4. The first-order chi connectivity index (χ1) is 10.5. The predicted molar refractivity (Wildman–Crippen MR) is 92.0 cm³/mol. The number of carbonyl (C=O) groups is 2. The van der Waals surface area contributed by atoms with Gasteiger partial charge in [-0.3, -0.25) is 14.1 Å². The van der Waals surface area contributed by atoms with E-state index in [1.165, 1.54) is 13.8 Å². The Kier molecular flexibility index (Phi) is 9.85. The van der Waals surface area contributed by atoms with Crippen LogP contribution in [0.5, 0.6) is 0 Å². The van der Waals surface area contributed by atoms with Crippen molar-refractivity contribution in [3.8, 4) is 0 Å². The fourth-order valence-electron chi connectivity index (χ4n) is 2.28. The molecule has 0 radical (unpaired) electrons. The summed E-state index contributed by atoms with van der Waals surface area (Å²) in [6.07, 6.45) is 4.89. The zero-order valence-electron chi connectivity index (χ0n) is 14.9. The highest BCUT2D eigenvalue weighted by molar-refractivity contribution is 7.87. The highest BCUT2D eigenvalue weighted by Gasteiger charge is 2.31. The van der Waals surface area contributed by atoms with Crippen molar-refractivity contribution in [2.24, 2.45) is 5.92 Å². The molecule has 0 atom stereocenters. The van der Waals surface area contributed by atoms with Crippen molar-refractivity contribution >= 4 is 21.7 Å². The Morgan fingerprint density at radius 1 is 0.913 bits per heavy atom. The van der Waals surface area contributed by atoms with Gasteiger partial charge in [-0.1, -0.05) is 20.3 Å². The lowest BCUT2D eigenvalue weighted by Gasteiger charge is -2.20. The molecular formula is C17H32O5S. The topological polar surface area (TPSA) is 88.5 Å². The SMILES string of the molecule is CC(C)CCCC(=O)CCCC(=O)CCCC(C)(C)S(=O)(=O)O. The quantitative estimate of drug-likeness (QED) is 0.509. The lowest BCUT2D eigenvalue weighted by molar-refractivity contribution is -0.120. The van der Waals surface area contributed by atoms with Crippen molar-refractivity contribution in [2.75, 3.05) is 0 Å². The van der Waals surface area contributed by atoms with Gasteiger partial charge < -0.3 is 0 Å². The van der Waals surface area contributed by atoms with Crippen LogP contribution in [-0.4, -0.2) is 29.3 Å². The average Bonchev–Trinajstić information content (AvgIpc) is 2.36. The van der Waals surface area contributed by atoms with Crippen LogP contribution in [-0.2, 0) is 19.7 Å². The van der Waals surface area contributed by atoms with Gasteiger partial charge in [0.15, 0.2) is 0 Å². The Hall–Kier alpha value is -0.750. The van der Waals surface area contributed by atoms with E-state index in [0.29, 0.717) is 44.4 Å². The third kappa shape index (κ3) is 10.6. The largest absolute Gasteiger partial charge is 0.300 e. The summed E-state index contributed by atoms with van der Waals surface area (Å²) in [5, 5.41) is 0. The van der Waals surface area contributed by atoms with Crippen molar-refractivity contribution in [2.45, 2.75) is 90.2 Å². The maximum atomic E-state index is 11.7. The molecule has 23 heavy (non-hydrogen) atoms. The molecule has 0 aliphatic heterocycles. The molecule has 0 rings (SSSR count). The van der Waals surface area contributed by atoms with E-state index in [2.05, 4.69) is 13.8 Å². The summed E-state index contributed by atoms with van der Waals surface area (Å²) in [7, 11) is -4.10. The van der Waals surface area contributed by atoms with E-state index >= 15 is 0 Å². The summed E-state index contributed by atoms with van der Waals surface area (Å²) in [6, 6.07) is 0. The molecule has 0 amide bonds. The number of ketones is 2. The van der Waals surface area contributed by atoms with Crippen LogP contribution in [0.1, 0.15) is 85.5 Å². The van der Waals surface area contributed by atoms with Gasteiger partial charge in [-0.2, -0.15) is 8.42 Å². The van der Waals surface area contributed by atoms with E-state index in [4.69, 9.17) is 4.55 Å². The van der Waals surface area contributed by atoms with Gasteiger partial charge in [-0.15, -0.1) is 0 Å². The lowest BCUT2D eigenvalue weighted by Crippen LogP contribution is -2.31. The van der Waals surface area contributed by atoms with Gasteiger partial charge >= 0.3 is 0 Å². The molecule has 136 valence electrons. The lowest BCUT2D eigenvalue weighted by atomic mass is 10.00. The second-order valence-corrected chi connectivity index (χ2v) is 9.36. The average molecular weight is 349 g/mol. The van der Waals surface area contributed by atoms with Gasteiger partial charge in [0, 0.05) is 25.7 Å². The fraction of sp³-hybridized carbons (Fsp3) is 0.882. The van der Waals surface area contributed by atoms with Crippen LogP contribution < -0.4 is 0 Å². The Balaban J connectivity index is 3.82. The van der Waals surface area contributed by atoms with E-state index in [-0.39, 0.29) is 18.0 Å². The number of hydrogen-bond donors (Lipinski definition) is 1. The van der Waals surface area contributed by atoms with Gasteiger partial charge in [0.2, 0.25) is 0 Å². The van der Waals surface area contributed by atoms with Crippen molar-refractivity contribution < 1.29 is 22.6 Å². The molecule has 0 bridgehead atoms. The van der Waals surface area contributed by atoms with Gasteiger partial charge in [-0.25, -0.2) is 0 Å². The molecule has 0 spiro atoms. The van der Waals surface area contributed by atoms with E-state index < -0.39 is 14.9 Å². The second-order valence-electron chi connectivity index (χ2n) is 7.31. The Morgan fingerprint density at radius 3 is 1.78 bits per heavy atom. The maximum Gasteiger partial charge on any atom is 0.270 e. The molecule has 0 aliphatic carbocycles. The van der Waals surface area contributed by atoms with Gasteiger partial charge in [0.25, 0.3) is 10.1 Å². The number of carbonyl (C=O) groups excluding carboxylic acids is 2. The first kappa shape index (κ1) is 22.2. The Labute approximate surface area is 141 Å². The molecule has 5 nitrogen and oxygen atoms in total. The summed E-state index contributed by atoms with van der Waals surface area (Å²) in [5.74, 6) is 0.869. The first-order valence-electron chi connectivity index (χ1n) is 8.46. The van der Waals surface area contributed by atoms with Crippen LogP contribution in [0, 0.1) is 5.92 Å². The van der Waals surface area contributed by atoms with Crippen molar-refractivity contribution in [3.05, 3.63) is 0 Å². The third-order valence-corrected chi connectivity index (χ3v) is 5.68. The van der Waals surface area contributed by atoms with Crippen LogP contribution in [0.3, 0.4) is 0 Å². The number of Topliss-reactive ketones (excluding diaryl/α,β-unsaturated/α-hetero) is 2. The molecule has 6 heteroatoms. The molecule has 0 fully saturated rings.